The zero-order valence-corrected chi connectivity index (χ0v) is 54.1. The number of hydrogen-bond acceptors (Lipinski definition) is 20. The van der Waals surface area contributed by atoms with Crippen LogP contribution in [0.25, 0.3) is 33.2 Å². The summed E-state index contributed by atoms with van der Waals surface area (Å²) < 4.78 is 10.8. The predicted molar refractivity (Wildman–Crippen MR) is 350 cm³/mol. The van der Waals surface area contributed by atoms with Crippen molar-refractivity contribution in [1.29, 1.82) is 0 Å². The van der Waals surface area contributed by atoms with Crippen LogP contribution in [0.3, 0.4) is 0 Å². The van der Waals surface area contributed by atoms with E-state index in [1.54, 1.807) is 31.2 Å². The minimum Gasteiger partial charge on any atom is -0.480 e. The lowest BCUT2D eigenvalue weighted by Gasteiger charge is -2.19. The fourth-order valence-electron chi connectivity index (χ4n) is 11.9. The first-order valence-electron chi connectivity index (χ1n) is 30.5. The number of nitrogen functional groups attached to an aromatic ring is 1. The number of aliphatic carboxylic acids is 1. The van der Waals surface area contributed by atoms with Crippen molar-refractivity contribution in [2.75, 3.05) is 56.0 Å². The molecule has 6 aromatic rings. The summed E-state index contributed by atoms with van der Waals surface area (Å²) in [5.41, 5.74) is 14.9. The number of carbonyl (C=O) groups excluding carboxylic acids is 7. The topological polar surface area (TPSA) is 390 Å². The molecule has 1 aliphatic carbocycles. The first kappa shape index (κ1) is 67.4. The maximum Gasteiger partial charge on any atom is 0.327 e. The number of aromatic amines is 3. The molecule has 7 atom stereocenters. The third-order valence-electron chi connectivity index (χ3n) is 16.9. The van der Waals surface area contributed by atoms with Gasteiger partial charge in [-0.15, -0.1) is 0 Å². The van der Waals surface area contributed by atoms with Crippen LogP contribution in [-0.2, 0) is 40.0 Å². The van der Waals surface area contributed by atoms with E-state index in [0.29, 0.717) is 91.2 Å². The number of benzene rings is 1. The van der Waals surface area contributed by atoms with Crippen LogP contribution in [0.4, 0.5) is 11.6 Å². The summed E-state index contributed by atoms with van der Waals surface area (Å²) in [4.78, 5) is 150. The van der Waals surface area contributed by atoms with Crippen molar-refractivity contribution in [2.45, 2.75) is 135 Å². The van der Waals surface area contributed by atoms with Gasteiger partial charge in [-0.3, -0.25) is 53.3 Å². The van der Waals surface area contributed by atoms with Crippen LogP contribution in [0.2, 0.25) is 0 Å². The van der Waals surface area contributed by atoms with Crippen LogP contribution < -0.4 is 37.9 Å². The molecular weight excluding hydrogens is 1220 g/mol. The second-order valence-electron chi connectivity index (χ2n) is 23.2. The Hall–Kier alpha value is -9.02. The summed E-state index contributed by atoms with van der Waals surface area (Å²) in [7, 11) is 3.82. The fraction of sp³-hybridized carbons (Fsp3) is 0.438. The molecule has 0 radical (unpaired) electrons. The summed E-state index contributed by atoms with van der Waals surface area (Å²) in [5.74, 6) is -5.28. The molecular formula is C64H76N14O12S2. The van der Waals surface area contributed by atoms with Crippen molar-refractivity contribution in [3.8, 4) is 0 Å². The molecule has 0 spiro atoms. The summed E-state index contributed by atoms with van der Waals surface area (Å²) in [6, 6.07) is 11.1. The number of methoxy groups -OCH3 is 1. The smallest absolute Gasteiger partial charge is 0.327 e. The number of carbonyl (C=O) groups is 8. The van der Waals surface area contributed by atoms with Gasteiger partial charge in [-0.05, 0) is 101 Å². The average molecular weight is 1300 g/mol. The molecule has 11 N–H and O–H groups in total. The van der Waals surface area contributed by atoms with E-state index in [0.717, 1.165) is 23.4 Å². The molecule has 1 aromatic carbocycles. The Bertz CT molecular complexity index is 4100. The van der Waals surface area contributed by atoms with Gasteiger partial charge in [0.1, 0.15) is 12.0 Å². The monoisotopic (exact) mass is 1300 g/mol. The van der Waals surface area contributed by atoms with Crippen molar-refractivity contribution in [1.82, 2.24) is 61.1 Å². The second kappa shape index (κ2) is 29.9. The third-order valence-corrected chi connectivity index (χ3v) is 19.3. The molecule has 4 amide bonds. The molecule has 0 saturated heterocycles. The lowest BCUT2D eigenvalue weighted by molar-refractivity contribution is -0.141. The molecule has 9 rings (SSSR count). The highest BCUT2D eigenvalue weighted by molar-refractivity contribution is 8.76. The first-order valence-corrected chi connectivity index (χ1v) is 33.0. The summed E-state index contributed by atoms with van der Waals surface area (Å²) >= 11 is 0. The van der Waals surface area contributed by atoms with Gasteiger partial charge in [0, 0.05) is 130 Å². The van der Waals surface area contributed by atoms with E-state index >= 15 is 0 Å². The maximum atomic E-state index is 14.5. The minimum absolute atomic E-state index is 0.0114. The Kier molecular flexibility index (Phi) is 21.9. The number of carboxylic acids is 1. The number of fused-ring (bicyclic) bond motifs is 9. The predicted octanol–water partition coefficient (Wildman–Crippen LogP) is 6.96. The lowest BCUT2D eigenvalue weighted by atomic mass is 9.84. The van der Waals surface area contributed by atoms with Crippen molar-refractivity contribution in [2.24, 2.45) is 0 Å². The van der Waals surface area contributed by atoms with Gasteiger partial charge in [-0.2, -0.15) is 4.98 Å². The Morgan fingerprint density at radius 1 is 0.783 bits per heavy atom. The number of nitrogens with one attached hydrogen (secondary N) is 8. The molecule has 26 nitrogen and oxygen atoms in total. The Morgan fingerprint density at radius 3 is 2.21 bits per heavy atom. The van der Waals surface area contributed by atoms with Crippen LogP contribution in [0.1, 0.15) is 179 Å². The largest absolute Gasteiger partial charge is 0.480 e. The summed E-state index contributed by atoms with van der Waals surface area (Å²) in [6.45, 7) is 14.1. The van der Waals surface area contributed by atoms with Crippen LogP contribution in [0.15, 0.2) is 53.5 Å². The number of H-pyrrole nitrogens is 3. The van der Waals surface area contributed by atoms with Gasteiger partial charge < -0.3 is 56.9 Å². The Labute approximate surface area is 537 Å². The van der Waals surface area contributed by atoms with Gasteiger partial charge in [0.25, 0.3) is 11.5 Å². The van der Waals surface area contributed by atoms with E-state index in [-0.39, 0.29) is 122 Å². The van der Waals surface area contributed by atoms with E-state index in [2.05, 4.69) is 70.3 Å². The normalized spacial score (nSPS) is 17.2. The van der Waals surface area contributed by atoms with Crippen LogP contribution in [0.5, 0.6) is 0 Å². The highest BCUT2D eigenvalue weighted by Gasteiger charge is 2.45. The minimum atomic E-state index is -1.29. The standard InChI is InChI=1S/C64H76N14O12S2/c1-9-39-31(3)41-26-46-51(35(7)79)33(5)43(73-46)24-42-32(4)40(55(75-42)53-54(63(88)89-8)58(83)52-34(6)44(76-56(52)53)25-45(39)72-41)15-17-49(81)67-20-23-91-92-29-47(62(86)87)74-50(82)18-21-90-22-19-66-48(80)16-10-30(2)70-60(84)36-11-13-37(14-12-36)68-27-38-28-69-59-57(71-38)61(85)78-64(65)77-59/h11-14,24-26,28,30-32,39-40,47,54,68,73,76H,9-10,15-23,27,29H2,1-8H3,(H,66,80)(H,67,81)(H,70,84)(H,74,82)(H,86,87)(H3,65,69,77,78,85)/t30-,31-,32+,39-,40+,47+,54?/m1/s1. The number of nitrogens with zero attached hydrogens (tertiary/aromatic N) is 5. The van der Waals surface area contributed by atoms with E-state index in [4.69, 9.17) is 25.2 Å². The molecule has 7 heterocycles. The quantitative estimate of drug-likeness (QED) is 0.00779. The van der Waals surface area contributed by atoms with Crippen molar-refractivity contribution in [3.63, 3.8) is 0 Å². The van der Waals surface area contributed by atoms with Crippen molar-refractivity contribution >= 4 is 114 Å². The van der Waals surface area contributed by atoms with E-state index in [1.807, 2.05) is 39.0 Å². The maximum absolute atomic E-state index is 14.5. The van der Waals surface area contributed by atoms with Gasteiger partial charge in [0.15, 0.2) is 22.7 Å². The van der Waals surface area contributed by atoms with E-state index in [1.165, 1.54) is 41.8 Å². The zero-order chi connectivity index (χ0) is 66.1. The molecule has 3 aliphatic rings. The highest BCUT2D eigenvalue weighted by Crippen LogP contribution is 2.48. The van der Waals surface area contributed by atoms with Crippen LogP contribution in [-0.4, -0.2) is 149 Å². The number of anilines is 2. The molecule has 1 unspecified atom stereocenters. The van der Waals surface area contributed by atoms with Crippen LogP contribution >= 0.6 is 21.6 Å². The summed E-state index contributed by atoms with van der Waals surface area (Å²) in [6.07, 6.45) is 3.06. The van der Waals surface area contributed by atoms with Gasteiger partial charge >= 0.3 is 11.9 Å². The van der Waals surface area contributed by atoms with E-state index in [9.17, 15) is 48.3 Å². The number of ketones is 2. The number of amides is 4. The number of aromatic nitrogens is 8. The summed E-state index contributed by atoms with van der Waals surface area (Å²) in [5, 5.41) is 24.1. The molecule has 92 heavy (non-hydrogen) atoms. The number of nitrogens with two attached hydrogens (primary N) is 1. The Morgan fingerprint density at radius 2 is 1.48 bits per heavy atom. The molecule has 2 aliphatic heterocycles. The van der Waals surface area contributed by atoms with Gasteiger partial charge in [-0.1, -0.05) is 42.4 Å². The molecule has 486 valence electrons. The number of esters is 1. The number of Topliss-reactive ketones (excluding diaryl/α,β-unsaturated/α-hetero) is 2. The zero-order valence-electron chi connectivity index (χ0n) is 52.4. The second-order valence-corrected chi connectivity index (χ2v) is 25.8. The highest BCUT2D eigenvalue weighted by atomic mass is 33.1. The number of ether oxygens (including phenoxy) is 2. The van der Waals surface area contributed by atoms with E-state index < -0.39 is 47.1 Å². The SMILES string of the molecule is CC[C@H]1c2cc3[nH]c4c(c3C)C(=O)C(C(=O)OC)c4c3nc(cc4[nH]c(cc(n2)[C@@H]1C)c(C(C)=O)c4C)[C@@H](C)[C@@H]3CCC(=O)NCCSSC[C@H](NC(=O)CCOCCNC(=O)CC[C@@H](C)NC(=O)c1ccc(NCc2cnc3nc(N)[nH]c(=O)c3n2)cc1)C(=O)O. The molecule has 8 bridgehead atoms. The van der Waals surface area contributed by atoms with Gasteiger partial charge in [-0.25, -0.2) is 14.8 Å². The van der Waals surface area contributed by atoms with Gasteiger partial charge in [0.2, 0.25) is 23.7 Å². The molecule has 28 heteroatoms. The Balaban J connectivity index is 0.697. The van der Waals surface area contributed by atoms with Crippen molar-refractivity contribution < 1.29 is 52.9 Å². The molecule has 0 fully saturated rings. The number of aryl methyl sites for hydroxylation is 2. The number of carboxylic acid groups (broad SMARTS) is 1. The first-order chi connectivity index (χ1) is 44.0. The third kappa shape index (κ3) is 15.5. The number of rotatable bonds is 28. The molecule has 0 saturated carbocycles. The van der Waals surface area contributed by atoms with Crippen molar-refractivity contribution in [3.05, 3.63) is 121 Å². The average Bonchev–Trinajstić information content (AvgIpc) is 1.66. The molecule has 5 aromatic heterocycles. The number of hydrogen-bond donors (Lipinski definition) is 10. The fourth-order valence-corrected chi connectivity index (χ4v) is 14.0. The lowest BCUT2D eigenvalue weighted by Crippen LogP contribution is -2.42. The van der Waals surface area contributed by atoms with Crippen LogP contribution in [0, 0.1) is 13.8 Å². The van der Waals surface area contributed by atoms with Gasteiger partial charge in [0.05, 0.1) is 55.5 Å².